The first-order valence-electron chi connectivity index (χ1n) is 7.51. The summed E-state index contributed by atoms with van der Waals surface area (Å²) in [5, 5.41) is 5.81. The van der Waals surface area contributed by atoms with Gasteiger partial charge in [-0.2, -0.15) is 16.7 Å². The molecule has 0 spiro atoms. The Bertz CT molecular complexity index is 580. The maximum atomic E-state index is 12.0. The van der Waals surface area contributed by atoms with Crippen molar-refractivity contribution in [1.29, 1.82) is 0 Å². The first-order valence-corrected chi connectivity index (χ1v) is 8.67. The van der Waals surface area contributed by atoms with Crippen LogP contribution < -0.4 is 10.6 Å². The third kappa shape index (κ3) is 4.78. The molecule has 126 valence electrons. The van der Waals surface area contributed by atoms with Gasteiger partial charge < -0.3 is 10.6 Å². The van der Waals surface area contributed by atoms with E-state index >= 15 is 0 Å². The van der Waals surface area contributed by atoms with Crippen molar-refractivity contribution >= 4 is 29.6 Å². The zero-order chi connectivity index (χ0) is 16.9. The number of hydrogen-bond donors (Lipinski definition) is 2. The molecule has 0 bridgehead atoms. The molecule has 1 aliphatic rings. The fourth-order valence-corrected chi connectivity index (χ4v) is 2.93. The fourth-order valence-electron chi connectivity index (χ4n) is 2.15. The third-order valence-electron chi connectivity index (χ3n) is 3.34. The molecule has 0 saturated carbocycles. The normalized spacial score (nSPS) is 16.6. The lowest BCUT2D eigenvalue weighted by atomic mass is 10.1. The predicted octanol–water partition coefficient (Wildman–Crippen LogP) is 1.05. The Labute approximate surface area is 139 Å². The molecule has 1 saturated heterocycles. The van der Waals surface area contributed by atoms with Crippen LogP contribution in [0.5, 0.6) is 0 Å². The Kier molecular flexibility index (Phi) is 5.75. The number of hydrogen-bond acceptors (Lipinski definition) is 7. The van der Waals surface area contributed by atoms with Gasteiger partial charge in [-0.25, -0.2) is 14.8 Å². The molecule has 9 heteroatoms. The van der Waals surface area contributed by atoms with Gasteiger partial charge in [-0.05, 0) is 32.9 Å². The van der Waals surface area contributed by atoms with E-state index in [4.69, 9.17) is 0 Å². The summed E-state index contributed by atoms with van der Waals surface area (Å²) in [5.74, 6) is 2.90. The van der Waals surface area contributed by atoms with E-state index in [1.807, 2.05) is 6.92 Å². The highest BCUT2D eigenvalue weighted by molar-refractivity contribution is 7.99. The Morgan fingerprint density at radius 1 is 1.30 bits per heavy atom. The first-order chi connectivity index (χ1) is 10.9. The summed E-state index contributed by atoms with van der Waals surface area (Å²) < 4.78 is 0. The van der Waals surface area contributed by atoms with E-state index in [1.165, 1.54) is 11.2 Å². The molecule has 0 radical (unpaired) electrons. The molecule has 2 rings (SSSR count). The van der Waals surface area contributed by atoms with Gasteiger partial charge in [-0.1, -0.05) is 0 Å². The minimum absolute atomic E-state index is 0.153. The number of anilines is 1. The Morgan fingerprint density at radius 2 is 2.09 bits per heavy atom. The lowest BCUT2D eigenvalue weighted by molar-refractivity contribution is -0.130. The molecule has 1 aromatic heterocycles. The van der Waals surface area contributed by atoms with E-state index in [2.05, 4.69) is 25.6 Å². The van der Waals surface area contributed by atoms with Crippen LogP contribution in [0.3, 0.4) is 0 Å². The summed E-state index contributed by atoms with van der Waals surface area (Å²) in [7, 11) is 0. The molecular weight excluding hydrogens is 316 g/mol. The van der Waals surface area contributed by atoms with Crippen LogP contribution in [0.2, 0.25) is 0 Å². The standard InChI is InChI=1S/C14H22N6O2S/c1-10-16-9-17-12(18-10)15-5-8-23-7-4-6-20-11(21)14(2,3)19-13(20)22/h9H,4-8H2,1-3H3,(H,19,22)(H,15,16,17,18). The molecule has 2 heterocycles. The van der Waals surface area contributed by atoms with Crippen molar-refractivity contribution in [3.8, 4) is 0 Å². The van der Waals surface area contributed by atoms with Gasteiger partial charge in [0.15, 0.2) is 0 Å². The largest absolute Gasteiger partial charge is 0.353 e. The van der Waals surface area contributed by atoms with Crippen molar-refractivity contribution in [2.75, 3.05) is 29.9 Å². The average molecular weight is 338 g/mol. The van der Waals surface area contributed by atoms with Crippen molar-refractivity contribution in [1.82, 2.24) is 25.2 Å². The number of nitrogens with one attached hydrogen (secondary N) is 2. The summed E-state index contributed by atoms with van der Waals surface area (Å²) in [6.07, 6.45) is 2.27. The maximum absolute atomic E-state index is 12.0. The van der Waals surface area contributed by atoms with Crippen LogP contribution >= 0.6 is 11.8 Å². The molecule has 3 amide bonds. The van der Waals surface area contributed by atoms with Crippen molar-refractivity contribution in [3.05, 3.63) is 12.2 Å². The summed E-state index contributed by atoms with van der Waals surface area (Å²) in [6.45, 7) is 6.47. The highest BCUT2D eigenvalue weighted by Crippen LogP contribution is 2.17. The fraction of sp³-hybridized carbons (Fsp3) is 0.643. The number of rotatable bonds is 8. The highest BCUT2D eigenvalue weighted by Gasteiger charge is 2.43. The molecule has 23 heavy (non-hydrogen) atoms. The smallest absolute Gasteiger partial charge is 0.325 e. The van der Waals surface area contributed by atoms with Gasteiger partial charge in [0.2, 0.25) is 5.95 Å². The van der Waals surface area contributed by atoms with Gasteiger partial charge in [0.05, 0.1) is 0 Å². The Morgan fingerprint density at radius 3 is 2.74 bits per heavy atom. The number of thioether (sulfide) groups is 1. The van der Waals surface area contributed by atoms with Crippen molar-refractivity contribution < 1.29 is 9.59 Å². The lowest BCUT2D eigenvalue weighted by Gasteiger charge is -2.15. The lowest BCUT2D eigenvalue weighted by Crippen LogP contribution is -2.40. The number of urea groups is 1. The maximum Gasteiger partial charge on any atom is 0.325 e. The molecule has 0 aliphatic carbocycles. The molecule has 0 aromatic carbocycles. The van der Waals surface area contributed by atoms with Crippen molar-refractivity contribution in [2.45, 2.75) is 32.7 Å². The monoisotopic (exact) mass is 338 g/mol. The van der Waals surface area contributed by atoms with Gasteiger partial charge in [-0.3, -0.25) is 9.69 Å². The van der Waals surface area contributed by atoms with E-state index in [9.17, 15) is 9.59 Å². The summed E-state index contributed by atoms with van der Waals surface area (Å²) in [4.78, 5) is 37.1. The molecule has 2 N–H and O–H groups in total. The van der Waals surface area contributed by atoms with E-state index in [0.29, 0.717) is 18.3 Å². The van der Waals surface area contributed by atoms with Crippen LogP contribution in [0.25, 0.3) is 0 Å². The van der Waals surface area contributed by atoms with E-state index in [-0.39, 0.29) is 11.9 Å². The number of carbonyl (C=O) groups excluding carboxylic acids is 2. The van der Waals surface area contributed by atoms with Crippen molar-refractivity contribution in [2.24, 2.45) is 0 Å². The second-order valence-electron chi connectivity index (χ2n) is 5.76. The number of aromatic nitrogens is 3. The van der Waals surface area contributed by atoms with Gasteiger partial charge in [0.25, 0.3) is 5.91 Å². The third-order valence-corrected chi connectivity index (χ3v) is 4.41. The van der Waals surface area contributed by atoms with Crippen molar-refractivity contribution in [3.63, 3.8) is 0 Å². The first kappa shape index (κ1) is 17.5. The van der Waals surface area contributed by atoms with E-state index in [0.717, 1.165) is 24.5 Å². The van der Waals surface area contributed by atoms with Crippen LogP contribution in [-0.4, -0.2) is 61.9 Å². The molecule has 0 atom stereocenters. The Hall–Kier alpha value is -1.90. The molecule has 1 aliphatic heterocycles. The summed E-state index contributed by atoms with van der Waals surface area (Å²) in [5.41, 5.74) is -0.781. The number of carbonyl (C=O) groups is 2. The van der Waals surface area contributed by atoms with Gasteiger partial charge in [0, 0.05) is 18.8 Å². The minimum atomic E-state index is -0.781. The van der Waals surface area contributed by atoms with Crippen LogP contribution in [0, 0.1) is 6.92 Å². The van der Waals surface area contributed by atoms with E-state index in [1.54, 1.807) is 25.6 Å². The SMILES string of the molecule is Cc1ncnc(NCCSCCCN2C(=O)NC(C)(C)C2=O)n1. The molecule has 1 fully saturated rings. The van der Waals surface area contributed by atoms with Crippen LogP contribution in [0.4, 0.5) is 10.7 Å². The molecule has 0 unspecified atom stereocenters. The number of amides is 3. The average Bonchev–Trinajstić information content (AvgIpc) is 2.67. The van der Waals surface area contributed by atoms with Gasteiger partial charge in [0.1, 0.15) is 17.7 Å². The molecular formula is C14H22N6O2S. The van der Waals surface area contributed by atoms with Gasteiger partial charge in [-0.15, -0.1) is 0 Å². The number of aryl methyl sites for hydroxylation is 1. The second kappa shape index (κ2) is 7.58. The second-order valence-corrected chi connectivity index (χ2v) is 6.99. The zero-order valence-corrected chi connectivity index (χ0v) is 14.4. The van der Waals surface area contributed by atoms with Crippen LogP contribution in [0.1, 0.15) is 26.1 Å². The predicted molar refractivity (Wildman–Crippen MR) is 89.3 cm³/mol. The molecule has 1 aromatic rings. The quantitative estimate of drug-likeness (QED) is 0.540. The zero-order valence-electron chi connectivity index (χ0n) is 13.6. The minimum Gasteiger partial charge on any atom is -0.353 e. The van der Waals surface area contributed by atoms with Crippen LogP contribution in [0.15, 0.2) is 6.33 Å². The number of nitrogens with zero attached hydrogens (tertiary/aromatic N) is 4. The summed E-state index contributed by atoms with van der Waals surface area (Å²) >= 11 is 1.76. The topological polar surface area (TPSA) is 100 Å². The van der Waals surface area contributed by atoms with Gasteiger partial charge >= 0.3 is 6.03 Å². The van der Waals surface area contributed by atoms with E-state index < -0.39 is 5.54 Å². The summed E-state index contributed by atoms with van der Waals surface area (Å²) in [6, 6.07) is -0.295. The Balaban J connectivity index is 1.58. The highest BCUT2D eigenvalue weighted by atomic mass is 32.2. The molecule has 8 nitrogen and oxygen atoms in total. The number of imide groups is 1. The van der Waals surface area contributed by atoms with Crippen LogP contribution in [-0.2, 0) is 4.79 Å².